The Labute approximate surface area is 93.6 Å². The first-order chi connectivity index (χ1) is 7.65. The molecule has 16 heavy (non-hydrogen) atoms. The molecule has 1 heterocycles. The van der Waals surface area contributed by atoms with Gasteiger partial charge < -0.3 is 10.1 Å². The molecular weight excluding hydrogens is 206 g/mol. The summed E-state index contributed by atoms with van der Waals surface area (Å²) in [4.78, 5) is 22.6. The van der Waals surface area contributed by atoms with E-state index in [0.29, 0.717) is 12.3 Å². The van der Waals surface area contributed by atoms with Crippen LogP contribution in [0.4, 0.5) is 0 Å². The molecular formula is C12H13NO3. The van der Waals surface area contributed by atoms with Crippen LogP contribution in [-0.2, 0) is 9.59 Å². The molecule has 1 aliphatic heterocycles. The molecule has 0 aromatic heterocycles. The van der Waals surface area contributed by atoms with Crippen molar-refractivity contribution in [3.8, 4) is 5.75 Å². The monoisotopic (exact) mass is 219 g/mol. The van der Waals surface area contributed by atoms with Crippen molar-refractivity contribution in [2.24, 2.45) is 5.92 Å². The summed E-state index contributed by atoms with van der Waals surface area (Å²) in [7, 11) is 0. The van der Waals surface area contributed by atoms with Crippen molar-refractivity contribution in [2.75, 3.05) is 6.54 Å². The molecule has 4 heteroatoms. The van der Waals surface area contributed by atoms with Gasteiger partial charge in [0.1, 0.15) is 5.75 Å². The number of hydrogen-bond acceptors (Lipinski definition) is 3. The predicted octanol–water partition coefficient (Wildman–Crippen LogP) is 1.04. The van der Waals surface area contributed by atoms with E-state index in [9.17, 15) is 9.59 Å². The summed E-state index contributed by atoms with van der Waals surface area (Å²) in [5.41, 5.74) is 1.11. The fourth-order valence-electron chi connectivity index (χ4n) is 1.58. The second kappa shape index (κ2) is 4.35. The standard InChI is InChI=1S/C12H13NO3/c1-8-2-4-10(5-3-8)16-12(15)9-6-11(14)13-7-9/h2-5,9H,6-7H2,1H3,(H,13,14). The van der Waals surface area contributed by atoms with Crippen LogP contribution in [0.1, 0.15) is 12.0 Å². The van der Waals surface area contributed by atoms with Crippen LogP contribution in [0.5, 0.6) is 5.75 Å². The van der Waals surface area contributed by atoms with E-state index >= 15 is 0 Å². The van der Waals surface area contributed by atoms with Gasteiger partial charge in [-0.3, -0.25) is 9.59 Å². The summed E-state index contributed by atoms with van der Waals surface area (Å²) in [5, 5.41) is 2.61. The number of nitrogens with one attached hydrogen (secondary N) is 1. The molecule has 0 bridgehead atoms. The highest BCUT2D eigenvalue weighted by molar-refractivity contribution is 5.87. The average Bonchev–Trinajstić information content (AvgIpc) is 2.68. The lowest BCUT2D eigenvalue weighted by Gasteiger charge is -2.07. The van der Waals surface area contributed by atoms with Crippen molar-refractivity contribution < 1.29 is 14.3 Å². The Kier molecular flexibility index (Phi) is 2.90. The molecule has 1 unspecified atom stereocenters. The number of carbonyl (C=O) groups is 2. The molecule has 1 N–H and O–H groups in total. The topological polar surface area (TPSA) is 55.4 Å². The Morgan fingerprint density at radius 1 is 1.38 bits per heavy atom. The highest BCUT2D eigenvalue weighted by atomic mass is 16.5. The summed E-state index contributed by atoms with van der Waals surface area (Å²) in [5.74, 6) is -0.267. The number of rotatable bonds is 2. The minimum atomic E-state index is -0.353. The van der Waals surface area contributed by atoms with Crippen LogP contribution in [-0.4, -0.2) is 18.4 Å². The van der Waals surface area contributed by atoms with Crippen molar-refractivity contribution >= 4 is 11.9 Å². The van der Waals surface area contributed by atoms with Crippen molar-refractivity contribution in [2.45, 2.75) is 13.3 Å². The Hall–Kier alpha value is -1.84. The third-order valence-corrected chi connectivity index (χ3v) is 2.55. The Bertz CT molecular complexity index is 411. The normalized spacial score (nSPS) is 19.3. The van der Waals surface area contributed by atoms with Crippen molar-refractivity contribution in [3.63, 3.8) is 0 Å². The van der Waals surface area contributed by atoms with E-state index < -0.39 is 0 Å². The van der Waals surface area contributed by atoms with Crippen molar-refractivity contribution in [1.29, 1.82) is 0 Å². The van der Waals surface area contributed by atoms with Gasteiger partial charge in [0.15, 0.2) is 0 Å². The maximum Gasteiger partial charge on any atom is 0.316 e. The molecule has 1 aromatic rings. The van der Waals surface area contributed by atoms with Gasteiger partial charge in [-0.1, -0.05) is 17.7 Å². The minimum absolute atomic E-state index is 0.0918. The Morgan fingerprint density at radius 3 is 2.62 bits per heavy atom. The SMILES string of the molecule is Cc1ccc(OC(=O)C2CNC(=O)C2)cc1. The number of amides is 1. The van der Waals surface area contributed by atoms with E-state index in [4.69, 9.17) is 4.74 Å². The third-order valence-electron chi connectivity index (χ3n) is 2.55. The molecule has 0 aliphatic carbocycles. The zero-order chi connectivity index (χ0) is 11.5. The molecule has 2 rings (SSSR count). The molecule has 1 aromatic carbocycles. The van der Waals surface area contributed by atoms with Gasteiger partial charge in [0.2, 0.25) is 5.91 Å². The molecule has 1 fully saturated rings. The van der Waals surface area contributed by atoms with Gasteiger partial charge in [0, 0.05) is 13.0 Å². The highest BCUT2D eigenvalue weighted by Gasteiger charge is 2.29. The van der Waals surface area contributed by atoms with Crippen molar-refractivity contribution in [3.05, 3.63) is 29.8 Å². The first-order valence-corrected chi connectivity index (χ1v) is 5.20. The van der Waals surface area contributed by atoms with Crippen LogP contribution < -0.4 is 10.1 Å². The summed E-state index contributed by atoms with van der Waals surface area (Å²) in [6, 6.07) is 7.25. The lowest BCUT2D eigenvalue weighted by molar-refractivity contribution is -0.139. The summed E-state index contributed by atoms with van der Waals surface area (Å²) >= 11 is 0. The van der Waals surface area contributed by atoms with Gasteiger partial charge >= 0.3 is 5.97 Å². The van der Waals surface area contributed by atoms with E-state index in [-0.39, 0.29) is 24.2 Å². The number of esters is 1. The molecule has 0 saturated carbocycles. The maximum atomic E-state index is 11.6. The van der Waals surface area contributed by atoms with Gasteiger partial charge in [-0.2, -0.15) is 0 Å². The highest BCUT2D eigenvalue weighted by Crippen LogP contribution is 2.16. The fourth-order valence-corrected chi connectivity index (χ4v) is 1.58. The molecule has 84 valence electrons. The van der Waals surface area contributed by atoms with E-state index in [1.54, 1.807) is 12.1 Å². The number of carbonyl (C=O) groups excluding carboxylic acids is 2. The lowest BCUT2D eigenvalue weighted by Crippen LogP contribution is -2.22. The summed E-state index contributed by atoms with van der Waals surface area (Å²) in [6.45, 7) is 2.34. The third kappa shape index (κ3) is 2.39. The number of hydrogen-bond donors (Lipinski definition) is 1. The van der Waals surface area contributed by atoms with Crippen LogP contribution in [0.15, 0.2) is 24.3 Å². The van der Waals surface area contributed by atoms with E-state index in [2.05, 4.69) is 5.32 Å². The second-order valence-corrected chi connectivity index (χ2v) is 3.94. The van der Waals surface area contributed by atoms with Gasteiger partial charge in [-0.15, -0.1) is 0 Å². The van der Waals surface area contributed by atoms with Crippen LogP contribution in [0, 0.1) is 12.8 Å². The lowest BCUT2D eigenvalue weighted by atomic mass is 10.1. The van der Waals surface area contributed by atoms with Gasteiger partial charge in [0.05, 0.1) is 5.92 Å². The number of benzene rings is 1. The maximum absolute atomic E-state index is 11.6. The van der Waals surface area contributed by atoms with Crippen molar-refractivity contribution in [1.82, 2.24) is 5.32 Å². The molecule has 1 atom stereocenters. The number of ether oxygens (including phenoxy) is 1. The number of aryl methyl sites for hydroxylation is 1. The van der Waals surface area contributed by atoms with Crippen LogP contribution in [0.3, 0.4) is 0 Å². The Balaban J connectivity index is 1.97. The zero-order valence-electron chi connectivity index (χ0n) is 9.03. The van der Waals surface area contributed by atoms with E-state index in [0.717, 1.165) is 5.56 Å². The first kappa shape index (κ1) is 10.7. The first-order valence-electron chi connectivity index (χ1n) is 5.20. The molecule has 0 spiro atoms. The van der Waals surface area contributed by atoms with Crippen LogP contribution >= 0.6 is 0 Å². The molecule has 4 nitrogen and oxygen atoms in total. The summed E-state index contributed by atoms with van der Waals surface area (Å²) in [6.07, 6.45) is 0.227. The second-order valence-electron chi connectivity index (χ2n) is 3.94. The zero-order valence-corrected chi connectivity index (χ0v) is 9.03. The molecule has 1 saturated heterocycles. The van der Waals surface area contributed by atoms with Gasteiger partial charge in [0.25, 0.3) is 0 Å². The van der Waals surface area contributed by atoms with Crippen LogP contribution in [0.25, 0.3) is 0 Å². The Morgan fingerprint density at radius 2 is 2.06 bits per heavy atom. The quantitative estimate of drug-likeness (QED) is 0.597. The molecule has 1 amide bonds. The van der Waals surface area contributed by atoms with E-state index in [1.165, 1.54) is 0 Å². The predicted molar refractivity (Wildman–Crippen MR) is 57.9 cm³/mol. The fraction of sp³-hybridized carbons (Fsp3) is 0.333. The molecule has 0 radical (unpaired) electrons. The van der Waals surface area contributed by atoms with Gasteiger partial charge in [-0.25, -0.2) is 0 Å². The van der Waals surface area contributed by atoms with Gasteiger partial charge in [-0.05, 0) is 19.1 Å². The minimum Gasteiger partial charge on any atom is -0.426 e. The summed E-state index contributed by atoms with van der Waals surface area (Å²) < 4.78 is 5.17. The van der Waals surface area contributed by atoms with E-state index in [1.807, 2.05) is 19.1 Å². The largest absolute Gasteiger partial charge is 0.426 e. The van der Waals surface area contributed by atoms with Crippen LogP contribution in [0.2, 0.25) is 0 Å². The average molecular weight is 219 g/mol. The smallest absolute Gasteiger partial charge is 0.316 e. The molecule has 1 aliphatic rings.